The molecule has 4 nitrogen and oxygen atoms in total. The molecule has 2 aromatic rings. The van der Waals surface area contributed by atoms with E-state index >= 15 is 0 Å². The topological polar surface area (TPSA) is 50.4 Å². The van der Waals surface area contributed by atoms with Crippen LogP contribution in [-0.2, 0) is 4.84 Å². The van der Waals surface area contributed by atoms with Crippen LogP contribution in [0.3, 0.4) is 0 Å². The standard InChI is InChI=1S/C20H25ClN2O2/c21-19(22-18-8-2-1-3-9-18)12-13-25-23-20(24)17-11-10-15-6-4-5-7-16(15)14-17/h4-7,10-11,14,18-19,22H,1-3,8-9,12-13H2,(H,23,24). The Morgan fingerprint density at radius 2 is 1.88 bits per heavy atom. The van der Waals surface area contributed by atoms with E-state index in [1.807, 2.05) is 36.4 Å². The first-order chi connectivity index (χ1) is 12.2. The lowest BCUT2D eigenvalue weighted by Crippen LogP contribution is -2.37. The van der Waals surface area contributed by atoms with E-state index in [9.17, 15) is 4.79 Å². The summed E-state index contributed by atoms with van der Waals surface area (Å²) >= 11 is 6.31. The number of carbonyl (C=O) groups excluding carboxylic acids is 1. The molecule has 134 valence electrons. The van der Waals surface area contributed by atoms with E-state index in [2.05, 4.69) is 10.8 Å². The molecule has 1 unspecified atom stereocenters. The van der Waals surface area contributed by atoms with Crippen LogP contribution in [-0.4, -0.2) is 24.1 Å². The predicted molar refractivity (Wildman–Crippen MR) is 102 cm³/mol. The van der Waals surface area contributed by atoms with Crippen LogP contribution in [0.25, 0.3) is 10.8 Å². The SMILES string of the molecule is O=C(NOCCC(Cl)NC1CCCCC1)c1ccc2ccccc2c1. The fourth-order valence-corrected chi connectivity index (χ4v) is 3.54. The van der Waals surface area contributed by atoms with E-state index in [1.54, 1.807) is 6.07 Å². The minimum absolute atomic E-state index is 0.124. The molecular weight excluding hydrogens is 336 g/mol. The second-order valence-corrected chi connectivity index (χ2v) is 7.13. The second-order valence-electron chi connectivity index (χ2n) is 6.60. The number of alkyl halides is 1. The zero-order valence-corrected chi connectivity index (χ0v) is 15.1. The lowest BCUT2D eigenvalue weighted by atomic mass is 9.95. The van der Waals surface area contributed by atoms with Crippen molar-refractivity contribution in [3.05, 3.63) is 48.0 Å². The fourth-order valence-electron chi connectivity index (χ4n) is 3.28. The van der Waals surface area contributed by atoms with Gasteiger partial charge >= 0.3 is 0 Å². The van der Waals surface area contributed by atoms with Gasteiger partial charge in [0.2, 0.25) is 0 Å². The molecular formula is C20H25ClN2O2. The third-order valence-electron chi connectivity index (χ3n) is 4.67. The van der Waals surface area contributed by atoms with Gasteiger partial charge in [-0.1, -0.05) is 49.6 Å². The number of benzene rings is 2. The highest BCUT2D eigenvalue weighted by molar-refractivity contribution is 6.20. The van der Waals surface area contributed by atoms with Crippen LogP contribution in [0.15, 0.2) is 42.5 Å². The van der Waals surface area contributed by atoms with Gasteiger partial charge in [-0.3, -0.25) is 14.9 Å². The zero-order valence-electron chi connectivity index (χ0n) is 14.3. The van der Waals surface area contributed by atoms with E-state index < -0.39 is 0 Å². The summed E-state index contributed by atoms with van der Waals surface area (Å²) in [6.45, 7) is 0.382. The summed E-state index contributed by atoms with van der Waals surface area (Å²) in [5.74, 6) is -0.239. The van der Waals surface area contributed by atoms with Crippen LogP contribution in [0.2, 0.25) is 0 Å². The van der Waals surface area contributed by atoms with Crippen molar-refractivity contribution in [3.63, 3.8) is 0 Å². The third kappa shape index (κ3) is 5.43. The molecule has 1 fully saturated rings. The number of rotatable bonds is 7. The van der Waals surface area contributed by atoms with Crippen LogP contribution >= 0.6 is 11.6 Å². The summed E-state index contributed by atoms with van der Waals surface area (Å²) in [5, 5.41) is 5.58. The number of carbonyl (C=O) groups is 1. The van der Waals surface area contributed by atoms with Crippen LogP contribution < -0.4 is 10.8 Å². The monoisotopic (exact) mass is 360 g/mol. The molecule has 3 rings (SSSR count). The molecule has 0 radical (unpaired) electrons. The first kappa shape index (κ1) is 18.2. The Morgan fingerprint density at radius 3 is 2.68 bits per heavy atom. The Morgan fingerprint density at radius 1 is 1.12 bits per heavy atom. The molecule has 0 aromatic heterocycles. The van der Waals surface area contributed by atoms with Gasteiger partial charge in [0.15, 0.2) is 0 Å². The maximum atomic E-state index is 12.2. The average molecular weight is 361 g/mol. The van der Waals surface area contributed by atoms with Gasteiger partial charge in [0.1, 0.15) is 0 Å². The smallest absolute Gasteiger partial charge is 0.274 e. The van der Waals surface area contributed by atoms with Crippen molar-refractivity contribution in [2.24, 2.45) is 0 Å². The second kappa shape index (κ2) is 9.18. The summed E-state index contributed by atoms with van der Waals surface area (Å²) in [4.78, 5) is 17.5. The van der Waals surface area contributed by atoms with Gasteiger partial charge < -0.3 is 0 Å². The van der Waals surface area contributed by atoms with Crippen molar-refractivity contribution < 1.29 is 9.63 Å². The molecule has 0 bridgehead atoms. The van der Waals surface area contributed by atoms with E-state index in [0.717, 1.165) is 10.8 Å². The number of hydroxylamine groups is 1. The fraction of sp³-hybridized carbons (Fsp3) is 0.450. The molecule has 2 aromatic carbocycles. The quantitative estimate of drug-likeness (QED) is 0.333. The van der Waals surface area contributed by atoms with Gasteiger partial charge in [0.05, 0.1) is 12.1 Å². The van der Waals surface area contributed by atoms with Gasteiger partial charge in [-0.25, -0.2) is 5.48 Å². The molecule has 1 aliphatic carbocycles. The van der Waals surface area contributed by atoms with Gasteiger partial charge in [-0.2, -0.15) is 0 Å². The van der Waals surface area contributed by atoms with Crippen molar-refractivity contribution in [2.45, 2.75) is 50.1 Å². The minimum Gasteiger partial charge on any atom is -0.298 e. The van der Waals surface area contributed by atoms with Crippen molar-refractivity contribution in [1.29, 1.82) is 0 Å². The Balaban J connectivity index is 1.39. The van der Waals surface area contributed by atoms with Crippen molar-refractivity contribution in [1.82, 2.24) is 10.8 Å². The zero-order chi connectivity index (χ0) is 17.5. The van der Waals surface area contributed by atoms with Crippen LogP contribution in [0.5, 0.6) is 0 Å². The maximum absolute atomic E-state index is 12.2. The number of amides is 1. The molecule has 1 aliphatic rings. The highest BCUT2D eigenvalue weighted by Crippen LogP contribution is 2.19. The van der Waals surface area contributed by atoms with E-state index in [-0.39, 0.29) is 11.4 Å². The minimum atomic E-state index is -0.239. The van der Waals surface area contributed by atoms with Crippen molar-refractivity contribution in [3.8, 4) is 0 Å². The molecule has 25 heavy (non-hydrogen) atoms. The molecule has 1 atom stereocenters. The van der Waals surface area contributed by atoms with Crippen LogP contribution in [0.4, 0.5) is 0 Å². The normalized spacial score (nSPS) is 16.7. The average Bonchev–Trinajstić information content (AvgIpc) is 2.65. The Kier molecular flexibility index (Phi) is 6.68. The first-order valence-electron chi connectivity index (χ1n) is 9.03. The largest absolute Gasteiger partial charge is 0.298 e. The van der Waals surface area contributed by atoms with Crippen LogP contribution in [0, 0.1) is 0 Å². The molecule has 1 saturated carbocycles. The maximum Gasteiger partial charge on any atom is 0.274 e. The summed E-state index contributed by atoms with van der Waals surface area (Å²) < 4.78 is 0. The summed E-state index contributed by atoms with van der Waals surface area (Å²) in [7, 11) is 0. The van der Waals surface area contributed by atoms with E-state index in [1.165, 1.54) is 32.1 Å². The van der Waals surface area contributed by atoms with E-state index in [4.69, 9.17) is 16.4 Å². The summed E-state index contributed by atoms with van der Waals surface area (Å²) in [5.41, 5.74) is 2.96. The Hall–Kier alpha value is -1.62. The lowest BCUT2D eigenvalue weighted by molar-refractivity contribution is 0.0293. The summed E-state index contributed by atoms with van der Waals surface area (Å²) in [6, 6.07) is 14.1. The van der Waals surface area contributed by atoms with Crippen molar-refractivity contribution in [2.75, 3.05) is 6.61 Å². The van der Waals surface area contributed by atoms with Crippen LogP contribution in [0.1, 0.15) is 48.9 Å². The molecule has 0 spiro atoms. The predicted octanol–water partition coefficient (Wildman–Crippen LogP) is 4.38. The Bertz CT molecular complexity index is 701. The molecule has 0 heterocycles. The lowest BCUT2D eigenvalue weighted by Gasteiger charge is -2.25. The van der Waals surface area contributed by atoms with Gasteiger partial charge in [-0.15, -0.1) is 11.6 Å². The van der Waals surface area contributed by atoms with Gasteiger partial charge in [0.25, 0.3) is 5.91 Å². The number of hydrogen-bond donors (Lipinski definition) is 2. The van der Waals surface area contributed by atoms with Gasteiger partial charge in [0, 0.05) is 18.0 Å². The molecule has 1 amide bonds. The molecule has 0 saturated heterocycles. The molecule has 5 heteroatoms. The first-order valence-corrected chi connectivity index (χ1v) is 9.47. The van der Waals surface area contributed by atoms with Gasteiger partial charge in [-0.05, 0) is 35.7 Å². The Labute approximate surface area is 153 Å². The third-order valence-corrected chi connectivity index (χ3v) is 5.02. The number of nitrogens with one attached hydrogen (secondary N) is 2. The summed E-state index contributed by atoms with van der Waals surface area (Å²) in [6.07, 6.45) is 6.93. The molecule has 0 aliphatic heterocycles. The number of halogens is 1. The van der Waals surface area contributed by atoms with E-state index in [0.29, 0.717) is 24.6 Å². The number of fused-ring (bicyclic) bond motifs is 1. The number of hydrogen-bond acceptors (Lipinski definition) is 3. The highest BCUT2D eigenvalue weighted by atomic mass is 35.5. The highest BCUT2D eigenvalue weighted by Gasteiger charge is 2.16. The van der Waals surface area contributed by atoms with Crippen molar-refractivity contribution >= 4 is 28.3 Å². The molecule has 2 N–H and O–H groups in total.